The Kier molecular flexibility index (Phi) is 5.01. The number of nitrogens with one attached hydrogen (secondary N) is 2. The number of amides is 2. The van der Waals surface area contributed by atoms with E-state index in [4.69, 9.17) is 5.73 Å². The molecule has 110 valence electrons. The van der Waals surface area contributed by atoms with Crippen molar-refractivity contribution in [3.8, 4) is 0 Å². The van der Waals surface area contributed by atoms with E-state index in [2.05, 4.69) is 10.6 Å². The normalized spacial score (nSPS) is 19.1. The molecule has 0 heterocycles. The molecule has 4 nitrogen and oxygen atoms in total. The van der Waals surface area contributed by atoms with Crippen molar-refractivity contribution in [1.82, 2.24) is 10.6 Å². The van der Waals surface area contributed by atoms with Crippen LogP contribution in [0.3, 0.4) is 0 Å². The predicted octanol–water partition coefficient (Wildman–Crippen LogP) is 2.49. The topological polar surface area (TPSA) is 67.1 Å². The first kappa shape index (κ1) is 14.9. The maximum Gasteiger partial charge on any atom is 0.315 e. The van der Waals surface area contributed by atoms with Crippen molar-refractivity contribution in [1.29, 1.82) is 0 Å². The van der Waals surface area contributed by atoms with Crippen molar-refractivity contribution in [2.24, 2.45) is 5.73 Å². The van der Waals surface area contributed by atoms with Crippen molar-refractivity contribution in [3.05, 3.63) is 35.9 Å². The second-order valence-electron chi connectivity index (χ2n) is 5.84. The first-order chi connectivity index (χ1) is 9.64. The predicted molar refractivity (Wildman–Crippen MR) is 81.4 cm³/mol. The van der Waals surface area contributed by atoms with Gasteiger partial charge in [0.15, 0.2) is 0 Å². The first-order valence-electron chi connectivity index (χ1n) is 7.48. The number of benzene rings is 1. The monoisotopic (exact) mass is 275 g/mol. The smallest absolute Gasteiger partial charge is 0.315 e. The molecule has 1 saturated carbocycles. The van der Waals surface area contributed by atoms with Gasteiger partial charge in [-0.3, -0.25) is 0 Å². The van der Waals surface area contributed by atoms with Gasteiger partial charge in [-0.2, -0.15) is 0 Å². The number of hydrogen-bond donors (Lipinski definition) is 3. The van der Waals surface area contributed by atoms with Crippen LogP contribution < -0.4 is 16.4 Å². The number of rotatable bonds is 4. The number of nitrogens with two attached hydrogens (primary N) is 1. The van der Waals surface area contributed by atoms with Crippen molar-refractivity contribution in [2.45, 2.75) is 50.6 Å². The van der Waals surface area contributed by atoms with E-state index in [0.29, 0.717) is 12.6 Å². The molecule has 0 bridgehead atoms. The van der Waals surface area contributed by atoms with E-state index in [9.17, 15) is 4.79 Å². The van der Waals surface area contributed by atoms with Gasteiger partial charge in [-0.05, 0) is 25.3 Å². The summed E-state index contributed by atoms with van der Waals surface area (Å²) < 4.78 is 0. The number of hydrogen-bond acceptors (Lipinski definition) is 2. The lowest BCUT2D eigenvalue weighted by molar-refractivity contribution is 0.220. The summed E-state index contributed by atoms with van der Waals surface area (Å²) >= 11 is 0. The molecule has 1 fully saturated rings. The maximum absolute atomic E-state index is 12.2. The minimum Gasteiger partial charge on any atom is -0.335 e. The summed E-state index contributed by atoms with van der Waals surface area (Å²) in [5.74, 6) is 0. The fraction of sp³-hybridized carbons (Fsp3) is 0.562. The van der Waals surface area contributed by atoms with E-state index < -0.39 is 5.54 Å². The number of carbonyl (C=O) groups excluding carboxylic acids is 1. The van der Waals surface area contributed by atoms with Gasteiger partial charge >= 0.3 is 6.03 Å². The molecule has 4 heteroatoms. The minimum atomic E-state index is -0.528. The average Bonchev–Trinajstić information content (AvgIpc) is 2.49. The zero-order valence-electron chi connectivity index (χ0n) is 12.2. The van der Waals surface area contributed by atoms with E-state index in [1.54, 1.807) is 0 Å². The minimum absolute atomic E-state index is 0.117. The van der Waals surface area contributed by atoms with Crippen LogP contribution in [0.2, 0.25) is 0 Å². The second kappa shape index (κ2) is 6.75. The quantitative estimate of drug-likeness (QED) is 0.790. The van der Waals surface area contributed by atoms with Gasteiger partial charge in [-0.1, -0.05) is 49.6 Å². The molecule has 2 rings (SSSR count). The lowest BCUT2D eigenvalue weighted by Gasteiger charge is -2.32. The highest BCUT2D eigenvalue weighted by Crippen LogP contribution is 2.20. The van der Waals surface area contributed by atoms with Crippen LogP contribution in [0, 0.1) is 0 Å². The summed E-state index contributed by atoms with van der Waals surface area (Å²) in [7, 11) is 0. The Hall–Kier alpha value is -1.55. The molecule has 1 unspecified atom stereocenters. The molecular weight excluding hydrogens is 250 g/mol. The van der Waals surface area contributed by atoms with Crippen LogP contribution in [0.4, 0.5) is 4.79 Å². The largest absolute Gasteiger partial charge is 0.335 e. The van der Waals surface area contributed by atoms with Crippen molar-refractivity contribution in [3.63, 3.8) is 0 Å². The second-order valence-corrected chi connectivity index (χ2v) is 5.84. The van der Waals surface area contributed by atoms with Crippen LogP contribution in [-0.4, -0.2) is 18.6 Å². The Morgan fingerprint density at radius 2 is 1.90 bits per heavy atom. The third kappa shape index (κ3) is 3.73. The molecule has 1 aromatic carbocycles. The van der Waals surface area contributed by atoms with E-state index in [1.807, 2.05) is 37.3 Å². The Balaban J connectivity index is 1.96. The van der Waals surface area contributed by atoms with Crippen LogP contribution in [0.1, 0.15) is 44.6 Å². The summed E-state index contributed by atoms with van der Waals surface area (Å²) in [6.07, 6.45) is 5.86. The highest BCUT2D eigenvalue weighted by molar-refractivity contribution is 5.75. The first-order valence-corrected chi connectivity index (χ1v) is 7.48. The van der Waals surface area contributed by atoms with E-state index >= 15 is 0 Å². The summed E-state index contributed by atoms with van der Waals surface area (Å²) in [4.78, 5) is 12.2. The number of carbonyl (C=O) groups is 1. The van der Waals surface area contributed by atoms with E-state index in [1.165, 1.54) is 19.3 Å². The Bertz CT molecular complexity index is 429. The van der Waals surface area contributed by atoms with Gasteiger partial charge in [-0.15, -0.1) is 0 Å². The summed E-state index contributed by atoms with van der Waals surface area (Å²) in [5.41, 5.74) is 6.38. The molecule has 1 aliphatic rings. The molecule has 0 radical (unpaired) electrons. The molecule has 1 aromatic rings. The van der Waals surface area contributed by atoms with Crippen LogP contribution >= 0.6 is 0 Å². The SMILES string of the molecule is CC(CN)(NC(=O)NC1CCCCC1)c1ccccc1. The van der Waals surface area contributed by atoms with Crippen LogP contribution in [0.15, 0.2) is 30.3 Å². The van der Waals surface area contributed by atoms with Gasteiger partial charge in [0.2, 0.25) is 0 Å². The third-order valence-corrected chi connectivity index (χ3v) is 4.15. The highest BCUT2D eigenvalue weighted by atomic mass is 16.2. The van der Waals surface area contributed by atoms with Gasteiger partial charge in [0.05, 0.1) is 5.54 Å². The van der Waals surface area contributed by atoms with Crippen molar-refractivity contribution >= 4 is 6.03 Å². The van der Waals surface area contributed by atoms with Gasteiger partial charge in [0, 0.05) is 12.6 Å². The van der Waals surface area contributed by atoms with E-state index in [-0.39, 0.29) is 6.03 Å². The Morgan fingerprint density at radius 1 is 1.25 bits per heavy atom. The van der Waals surface area contributed by atoms with Gasteiger partial charge < -0.3 is 16.4 Å². The van der Waals surface area contributed by atoms with Crippen molar-refractivity contribution < 1.29 is 4.79 Å². The fourth-order valence-corrected chi connectivity index (χ4v) is 2.77. The average molecular weight is 275 g/mol. The van der Waals surface area contributed by atoms with Gasteiger partial charge in [0.25, 0.3) is 0 Å². The number of urea groups is 1. The zero-order chi connectivity index (χ0) is 14.4. The summed E-state index contributed by atoms with van der Waals surface area (Å²) in [5, 5.41) is 6.10. The molecule has 1 aliphatic carbocycles. The fourth-order valence-electron chi connectivity index (χ4n) is 2.77. The Labute approximate surface area is 121 Å². The van der Waals surface area contributed by atoms with Crippen LogP contribution in [0.25, 0.3) is 0 Å². The lowest BCUT2D eigenvalue weighted by atomic mass is 9.92. The molecule has 0 aromatic heterocycles. The summed E-state index contributed by atoms with van der Waals surface area (Å²) in [6, 6.07) is 10.1. The van der Waals surface area contributed by atoms with Gasteiger partial charge in [0.1, 0.15) is 0 Å². The third-order valence-electron chi connectivity index (χ3n) is 4.15. The maximum atomic E-state index is 12.2. The van der Waals surface area contributed by atoms with E-state index in [0.717, 1.165) is 18.4 Å². The molecule has 0 saturated heterocycles. The lowest BCUT2D eigenvalue weighted by Crippen LogP contribution is -2.54. The molecule has 20 heavy (non-hydrogen) atoms. The molecule has 0 aliphatic heterocycles. The molecular formula is C16H25N3O. The molecule has 2 amide bonds. The van der Waals surface area contributed by atoms with Crippen molar-refractivity contribution in [2.75, 3.05) is 6.54 Å². The van der Waals surface area contributed by atoms with Crippen LogP contribution in [0.5, 0.6) is 0 Å². The van der Waals surface area contributed by atoms with Gasteiger partial charge in [-0.25, -0.2) is 4.79 Å². The molecule has 0 spiro atoms. The molecule has 4 N–H and O–H groups in total. The molecule has 1 atom stereocenters. The van der Waals surface area contributed by atoms with Crippen LogP contribution in [-0.2, 0) is 5.54 Å². The zero-order valence-corrected chi connectivity index (χ0v) is 12.2. The highest BCUT2D eigenvalue weighted by Gasteiger charge is 2.27. The standard InChI is InChI=1S/C16H25N3O/c1-16(12-17,13-8-4-2-5-9-13)19-15(20)18-14-10-6-3-7-11-14/h2,4-5,8-9,14H,3,6-7,10-12,17H2,1H3,(H2,18,19,20). The Morgan fingerprint density at radius 3 is 2.50 bits per heavy atom. The summed E-state index contributed by atoms with van der Waals surface area (Å²) in [6.45, 7) is 2.33.